The van der Waals surface area contributed by atoms with E-state index in [1.54, 1.807) is 11.3 Å². The summed E-state index contributed by atoms with van der Waals surface area (Å²) in [6, 6.07) is 8.76. The van der Waals surface area contributed by atoms with Gasteiger partial charge < -0.3 is 9.73 Å². The van der Waals surface area contributed by atoms with E-state index in [0.717, 1.165) is 37.7 Å². The molecule has 0 aliphatic carbocycles. The SMILES string of the molecule is Cc1ccc([C@@H](c2cccs2)N2CCNCC2)o1.Cl.Cl. The first kappa shape index (κ1) is 17.5. The molecule has 0 unspecified atom stereocenters. The second kappa shape index (κ2) is 8.05. The van der Waals surface area contributed by atoms with Crippen LogP contribution in [0.5, 0.6) is 0 Å². The van der Waals surface area contributed by atoms with Crippen molar-refractivity contribution in [1.82, 2.24) is 10.2 Å². The molecule has 112 valence electrons. The Bertz CT molecular complexity index is 495. The van der Waals surface area contributed by atoms with Crippen molar-refractivity contribution in [3.05, 3.63) is 46.0 Å². The van der Waals surface area contributed by atoms with Gasteiger partial charge in [-0.25, -0.2) is 0 Å². The molecule has 2 aromatic heterocycles. The Kier molecular flexibility index (Phi) is 7.06. The second-order valence-electron chi connectivity index (χ2n) is 4.65. The number of aryl methyl sites for hydroxylation is 1. The minimum absolute atomic E-state index is 0. The van der Waals surface area contributed by atoms with Crippen LogP contribution < -0.4 is 5.32 Å². The van der Waals surface area contributed by atoms with E-state index >= 15 is 0 Å². The topological polar surface area (TPSA) is 28.4 Å². The molecular weight excluding hydrogens is 315 g/mol. The van der Waals surface area contributed by atoms with Crippen molar-refractivity contribution >= 4 is 36.2 Å². The normalized spacial score (nSPS) is 17.1. The molecule has 0 spiro atoms. The molecule has 1 atom stereocenters. The number of nitrogens with one attached hydrogen (secondary N) is 1. The summed E-state index contributed by atoms with van der Waals surface area (Å²) < 4.78 is 5.87. The molecule has 2 aromatic rings. The van der Waals surface area contributed by atoms with Gasteiger partial charge in [0.15, 0.2) is 0 Å². The number of thiophene rings is 1. The summed E-state index contributed by atoms with van der Waals surface area (Å²) in [6.45, 7) is 6.26. The van der Waals surface area contributed by atoms with E-state index in [1.807, 2.05) is 6.92 Å². The van der Waals surface area contributed by atoms with Crippen LogP contribution in [0.2, 0.25) is 0 Å². The minimum Gasteiger partial charge on any atom is -0.464 e. The van der Waals surface area contributed by atoms with E-state index in [4.69, 9.17) is 4.42 Å². The Balaban J connectivity index is 0.000001000. The Morgan fingerprint density at radius 2 is 1.95 bits per heavy atom. The molecule has 1 fully saturated rings. The average molecular weight is 335 g/mol. The number of halogens is 2. The number of hydrogen-bond donors (Lipinski definition) is 1. The molecule has 3 heterocycles. The Morgan fingerprint density at radius 3 is 2.50 bits per heavy atom. The van der Waals surface area contributed by atoms with Gasteiger partial charge >= 0.3 is 0 Å². The lowest BCUT2D eigenvalue weighted by atomic mass is 10.1. The van der Waals surface area contributed by atoms with Crippen LogP contribution in [0.1, 0.15) is 22.4 Å². The van der Waals surface area contributed by atoms with Gasteiger partial charge in [-0.3, -0.25) is 4.90 Å². The number of rotatable bonds is 3. The molecule has 1 aliphatic heterocycles. The summed E-state index contributed by atoms with van der Waals surface area (Å²) >= 11 is 1.81. The van der Waals surface area contributed by atoms with Crippen LogP contribution in [0.15, 0.2) is 34.1 Å². The molecular formula is C14H20Cl2N2OS. The highest BCUT2D eigenvalue weighted by Gasteiger charge is 2.26. The van der Waals surface area contributed by atoms with Gasteiger partial charge in [0.05, 0.1) is 0 Å². The Morgan fingerprint density at radius 1 is 1.20 bits per heavy atom. The summed E-state index contributed by atoms with van der Waals surface area (Å²) in [5.41, 5.74) is 0. The van der Waals surface area contributed by atoms with Crippen LogP contribution >= 0.6 is 36.2 Å². The van der Waals surface area contributed by atoms with Crippen molar-refractivity contribution in [3.63, 3.8) is 0 Å². The molecule has 1 N–H and O–H groups in total. The fraction of sp³-hybridized carbons (Fsp3) is 0.429. The van der Waals surface area contributed by atoms with Gasteiger partial charge in [-0.15, -0.1) is 36.2 Å². The number of nitrogens with zero attached hydrogens (tertiary/aromatic N) is 1. The zero-order valence-electron chi connectivity index (χ0n) is 11.4. The Labute approximate surface area is 136 Å². The maximum Gasteiger partial charge on any atom is 0.126 e. The first-order valence-electron chi connectivity index (χ1n) is 6.39. The van der Waals surface area contributed by atoms with E-state index in [9.17, 15) is 0 Å². The van der Waals surface area contributed by atoms with Crippen molar-refractivity contribution in [2.24, 2.45) is 0 Å². The zero-order valence-corrected chi connectivity index (χ0v) is 13.8. The molecule has 3 nitrogen and oxygen atoms in total. The lowest BCUT2D eigenvalue weighted by Gasteiger charge is -2.33. The van der Waals surface area contributed by atoms with Gasteiger partial charge in [0.25, 0.3) is 0 Å². The van der Waals surface area contributed by atoms with Gasteiger partial charge in [-0.2, -0.15) is 0 Å². The van der Waals surface area contributed by atoms with Crippen LogP contribution in [0.3, 0.4) is 0 Å². The Hall–Kier alpha value is -0.520. The van der Waals surface area contributed by atoms with E-state index in [2.05, 4.69) is 39.9 Å². The van der Waals surface area contributed by atoms with Gasteiger partial charge in [-0.1, -0.05) is 6.07 Å². The van der Waals surface area contributed by atoms with Crippen molar-refractivity contribution in [1.29, 1.82) is 0 Å². The van der Waals surface area contributed by atoms with Crippen molar-refractivity contribution in [2.45, 2.75) is 13.0 Å². The number of piperazine rings is 1. The van der Waals surface area contributed by atoms with Crippen LogP contribution in [0.25, 0.3) is 0 Å². The third kappa shape index (κ3) is 3.77. The average Bonchev–Trinajstić information content (AvgIpc) is 3.04. The third-order valence-corrected chi connectivity index (χ3v) is 4.28. The van der Waals surface area contributed by atoms with E-state index < -0.39 is 0 Å². The fourth-order valence-electron chi connectivity index (χ4n) is 2.49. The third-order valence-electron chi connectivity index (χ3n) is 3.36. The van der Waals surface area contributed by atoms with Crippen LogP contribution in [-0.4, -0.2) is 31.1 Å². The molecule has 0 bridgehead atoms. The summed E-state index contributed by atoms with van der Waals surface area (Å²) in [4.78, 5) is 3.87. The first-order chi connectivity index (χ1) is 8.84. The van der Waals surface area contributed by atoms with E-state index in [-0.39, 0.29) is 30.9 Å². The van der Waals surface area contributed by atoms with Crippen LogP contribution in [0.4, 0.5) is 0 Å². The highest BCUT2D eigenvalue weighted by atomic mass is 35.5. The molecule has 20 heavy (non-hydrogen) atoms. The molecule has 1 aliphatic rings. The highest BCUT2D eigenvalue weighted by Crippen LogP contribution is 2.32. The molecule has 1 saturated heterocycles. The monoisotopic (exact) mass is 334 g/mol. The molecule has 3 rings (SSSR count). The minimum atomic E-state index is 0. The zero-order chi connectivity index (χ0) is 12.4. The molecule has 0 radical (unpaired) electrons. The molecule has 0 amide bonds. The standard InChI is InChI=1S/C14H18N2OS.2ClH/c1-11-4-5-12(17-11)14(13-3-2-10-18-13)16-8-6-15-7-9-16;;/h2-5,10,14-15H,6-9H2,1H3;2*1H/t14-;;/m0../s1. The number of furan rings is 1. The quantitative estimate of drug-likeness (QED) is 0.931. The van der Waals surface area contributed by atoms with E-state index in [0.29, 0.717) is 0 Å². The van der Waals surface area contributed by atoms with Crippen molar-refractivity contribution in [2.75, 3.05) is 26.2 Å². The van der Waals surface area contributed by atoms with E-state index in [1.165, 1.54) is 4.88 Å². The van der Waals surface area contributed by atoms with Gasteiger partial charge in [0.1, 0.15) is 17.6 Å². The maximum atomic E-state index is 5.87. The molecule has 0 aromatic carbocycles. The predicted octanol–water partition coefficient (Wildman–Crippen LogP) is 3.49. The molecule has 0 saturated carbocycles. The van der Waals surface area contributed by atoms with Gasteiger partial charge in [0.2, 0.25) is 0 Å². The predicted molar refractivity (Wildman–Crippen MR) is 88.5 cm³/mol. The highest BCUT2D eigenvalue weighted by molar-refractivity contribution is 7.10. The number of hydrogen-bond acceptors (Lipinski definition) is 4. The van der Waals surface area contributed by atoms with Crippen molar-refractivity contribution in [3.8, 4) is 0 Å². The second-order valence-corrected chi connectivity index (χ2v) is 5.63. The summed E-state index contributed by atoms with van der Waals surface area (Å²) in [5.74, 6) is 2.05. The summed E-state index contributed by atoms with van der Waals surface area (Å²) in [7, 11) is 0. The largest absolute Gasteiger partial charge is 0.464 e. The maximum absolute atomic E-state index is 5.87. The molecule has 6 heteroatoms. The summed E-state index contributed by atoms with van der Waals surface area (Å²) in [5, 5.41) is 5.54. The van der Waals surface area contributed by atoms with Crippen LogP contribution in [0, 0.1) is 6.92 Å². The lowest BCUT2D eigenvalue weighted by Crippen LogP contribution is -2.45. The van der Waals surface area contributed by atoms with Crippen molar-refractivity contribution < 1.29 is 4.42 Å². The first-order valence-corrected chi connectivity index (χ1v) is 7.27. The van der Waals surface area contributed by atoms with Crippen LogP contribution in [-0.2, 0) is 0 Å². The van der Waals surface area contributed by atoms with Gasteiger partial charge in [0, 0.05) is 31.1 Å². The smallest absolute Gasteiger partial charge is 0.126 e. The summed E-state index contributed by atoms with van der Waals surface area (Å²) in [6.07, 6.45) is 0. The lowest BCUT2D eigenvalue weighted by molar-refractivity contribution is 0.181. The fourth-order valence-corrected chi connectivity index (χ4v) is 3.35. The van der Waals surface area contributed by atoms with Gasteiger partial charge in [-0.05, 0) is 30.5 Å².